The first-order valence-electron chi connectivity index (χ1n) is 9.30. The Morgan fingerprint density at radius 2 is 1.75 bits per heavy atom. The Bertz CT molecular complexity index is 992. The number of hydrogen-bond acceptors (Lipinski definition) is 3. The molecule has 0 fully saturated rings. The van der Waals surface area contributed by atoms with E-state index in [0.29, 0.717) is 12.4 Å². The third-order valence-electron chi connectivity index (χ3n) is 4.44. The lowest BCUT2D eigenvalue weighted by Crippen LogP contribution is -2.11. The van der Waals surface area contributed by atoms with Gasteiger partial charge < -0.3 is 14.7 Å². The zero-order valence-corrected chi connectivity index (χ0v) is 16.3. The molecule has 3 aromatic rings. The van der Waals surface area contributed by atoms with Crippen molar-refractivity contribution >= 4 is 22.8 Å². The minimum Gasteiger partial charge on any atom is -0.493 e. The van der Waals surface area contributed by atoms with Crippen LogP contribution in [0.5, 0.6) is 5.75 Å². The van der Waals surface area contributed by atoms with Crippen molar-refractivity contribution in [3.63, 3.8) is 0 Å². The van der Waals surface area contributed by atoms with E-state index in [1.54, 1.807) is 6.08 Å². The SMILES string of the molecule is CN(C)Cc1ccc(C=CC(=O)O)c(OCCc2ccc3ccccc3c2)c1. The number of nitrogens with zero attached hydrogens (tertiary/aromatic N) is 1. The van der Waals surface area contributed by atoms with Gasteiger partial charge in [-0.2, -0.15) is 0 Å². The van der Waals surface area contributed by atoms with Crippen LogP contribution in [0.25, 0.3) is 16.8 Å². The molecule has 0 radical (unpaired) electrons. The van der Waals surface area contributed by atoms with Gasteiger partial charge in [0.25, 0.3) is 0 Å². The van der Waals surface area contributed by atoms with Crippen molar-refractivity contribution in [2.75, 3.05) is 20.7 Å². The summed E-state index contributed by atoms with van der Waals surface area (Å²) in [7, 11) is 4.02. The summed E-state index contributed by atoms with van der Waals surface area (Å²) < 4.78 is 6.04. The highest BCUT2D eigenvalue weighted by molar-refractivity contribution is 5.86. The number of carboxylic acids is 1. The van der Waals surface area contributed by atoms with Crippen molar-refractivity contribution < 1.29 is 14.6 Å². The van der Waals surface area contributed by atoms with E-state index >= 15 is 0 Å². The number of carbonyl (C=O) groups is 1. The number of carboxylic acid groups (broad SMARTS) is 1. The predicted octanol–water partition coefficient (Wildman–Crippen LogP) is 4.62. The van der Waals surface area contributed by atoms with E-state index in [9.17, 15) is 4.79 Å². The summed E-state index contributed by atoms with van der Waals surface area (Å²) in [6.45, 7) is 1.32. The van der Waals surface area contributed by atoms with Crippen molar-refractivity contribution in [3.05, 3.63) is 83.4 Å². The quantitative estimate of drug-likeness (QED) is 0.584. The molecule has 0 saturated heterocycles. The number of ether oxygens (including phenoxy) is 1. The molecule has 0 unspecified atom stereocenters. The molecule has 0 heterocycles. The molecular weight excluding hydrogens is 350 g/mol. The van der Waals surface area contributed by atoms with Crippen LogP contribution in [-0.2, 0) is 17.8 Å². The maximum atomic E-state index is 10.9. The van der Waals surface area contributed by atoms with E-state index in [0.717, 1.165) is 30.2 Å². The maximum absolute atomic E-state index is 10.9. The predicted molar refractivity (Wildman–Crippen MR) is 114 cm³/mol. The molecule has 0 amide bonds. The Morgan fingerprint density at radius 3 is 2.50 bits per heavy atom. The molecule has 28 heavy (non-hydrogen) atoms. The summed E-state index contributed by atoms with van der Waals surface area (Å²) in [5.41, 5.74) is 3.10. The minimum absolute atomic E-state index is 0.525. The lowest BCUT2D eigenvalue weighted by molar-refractivity contribution is -0.131. The first-order chi connectivity index (χ1) is 13.5. The average Bonchev–Trinajstić information content (AvgIpc) is 2.66. The van der Waals surface area contributed by atoms with Crippen LogP contribution in [0.3, 0.4) is 0 Å². The second-order valence-electron chi connectivity index (χ2n) is 7.06. The monoisotopic (exact) mass is 375 g/mol. The molecule has 0 atom stereocenters. The van der Waals surface area contributed by atoms with Crippen LogP contribution in [0.2, 0.25) is 0 Å². The van der Waals surface area contributed by atoms with Gasteiger partial charge in [-0.05, 0) is 48.1 Å². The van der Waals surface area contributed by atoms with Crippen molar-refractivity contribution in [3.8, 4) is 5.75 Å². The molecule has 0 aliphatic rings. The molecule has 3 rings (SSSR count). The Kier molecular flexibility index (Phi) is 6.45. The highest BCUT2D eigenvalue weighted by Crippen LogP contribution is 2.23. The summed E-state index contributed by atoms with van der Waals surface area (Å²) in [6.07, 6.45) is 3.50. The fourth-order valence-corrected chi connectivity index (χ4v) is 3.14. The lowest BCUT2D eigenvalue weighted by atomic mass is 10.1. The zero-order chi connectivity index (χ0) is 19.9. The van der Waals surface area contributed by atoms with E-state index in [1.807, 2.05) is 44.4 Å². The molecule has 3 aromatic carbocycles. The van der Waals surface area contributed by atoms with Crippen LogP contribution in [-0.4, -0.2) is 36.7 Å². The number of hydrogen-bond donors (Lipinski definition) is 1. The van der Waals surface area contributed by atoms with Gasteiger partial charge in [0.1, 0.15) is 5.75 Å². The molecule has 0 saturated carbocycles. The molecule has 0 aliphatic carbocycles. The maximum Gasteiger partial charge on any atom is 0.328 e. The van der Waals surface area contributed by atoms with E-state index in [1.165, 1.54) is 16.3 Å². The zero-order valence-electron chi connectivity index (χ0n) is 16.3. The Labute approximate surface area is 165 Å². The van der Waals surface area contributed by atoms with Gasteiger partial charge in [-0.15, -0.1) is 0 Å². The average molecular weight is 375 g/mol. The second-order valence-corrected chi connectivity index (χ2v) is 7.06. The summed E-state index contributed by atoms with van der Waals surface area (Å²) in [4.78, 5) is 13.0. The third-order valence-corrected chi connectivity index (χ3v) is 4.44. The Hall–Kier alpha value is -3.11. The van der Waals surface area contributed by atoms with Gasteiger partial charge in [-0.3, -0.25) is 0 Å². The summed E-state index contributed by atoms with van der Waals surface area (Å²) >= 11 is 0. The van der Waals surface area contributed by atoms with Crippen molar-refractivity contribution in [2.45, 2.75) is 13.0 Å². The van der Waals surface area contributed by atoms with Crippen molar-refractivity contribution in [1.82, 2.24) is 4.90 Å². The number of fused-ring (bicyclic) bond motifs is 1. The number of rotatable bonds is 8. The minimum atomic E-state index is -0.973. The number of benzene rings is 3. The standard InChI is InChI=1S/C24H25NO3/c1-25(2)17-19-8-10-21(11-12-24(26)27)23(16-19)28-14-13-18-7-9-20-5-3-4-6-22(20)15-18/h3-12,15-16H,13-14,17H2,1-2H3,(H,26,27). The van der Waals surface area contributed by atoms with Crippen LogP contribution in [0.4, 0.5) is 0 Å². The van der Waals surface area contributed by atoms with Crippen LogP contribution in [0, 0.1) is 0 Å². The summed E-state index contributed by atoms with van der Waals surface area (Å²) in [6, 6.07) is 20.6. The van der Waals surface area contributed by atoms with Crippen molar-refractivity contribution in [2.24, 2.45) is 0 Å². The van der Waals surface area contributed by atoms with Gasteiger partial charge in [0, 0.05) is 24.6 Å². The first-order valence-corrected chi connectivity index (χ1v) is 9.30. The molecule has 144 valence electrons. The first kappa shape index (κ1) is 19.6. The van der Waals surface area contributed by atoms with E-state index in [2.05, 4.69) is 35.2 Å². The van der Waals surface area contributed by atoms with Crippen LogP contribution < -0.4 is 4.74 Å². The molecule has 4 nitrogen and oxygen atoms in total. The molecule has 4 heteroatoms. The van der Waals surface area contributed by atoms with E-state index in [4.69, 9.17) is 9.84 Å². The molecule has 1 N–H and O–H groups in total. The molecule has 0 aromatic heterocycles. The lowest BCUT2D eigenvalue weighted by Gasteiger charge is -2.14. The van der Waals surface area contributed by atoms with Crippen LogP contribution >= 0.6 is 0 Å². The molecular formula is C24H25NO3. The highest BCUT2D eigenvalue weighted by Gasteiger charge is 2.06. The van der Waals surface area contributed by atoms with Gasteiger partial charge in [0.05, 0.1) is 6.61 Å². The Morgan fingerprint density at radius 1 is 1.00 bits per heavy atom. The van der Waals surface area contributed by atoms with Crippen LogP contribution in [0.1, 0.15) is 16.7 Å². The molecule has 0 aliphatic heterocycles. The number of aliphatic carboxylic acids is 1. The summed E-state index contributed by atoms with van der Waals surface area (Å²) in [5.74, 6) is -0.267. The van der Waals surface area contributed by atoms with E-state index in [-0.39, 0.29) is 0 Å². The summed E-state index contributed by atoms with van der Waals surface area (Å²) in [5, 5.41) is 11.4. The van der Waals surface area contributed by atoms with Crippen molar-refractivity contribution in [1.29, 1.82) is 0 Å². The van der Waals surface area contributed by atoms with Crippen LogP contribution in [0.15, 0.2) is 66.7 Å². The topological polar surface area (TPSA) is 49.8 Å². The normalized spacial score (nSPS) is 11.4. The molecule has 0 bridgehead atoms. The van der Waals surface area contributed by atoms with Gasteiger partial charge >= 0.3 is 5.97 Å². The van der Waals surface area contributed by atoms with Gasteiger partial charge in [-0.25, -0.2) is 4.79 Å². The third kappa shape index (κ3) is 5.44. The Balaban J connectivity index is 1.73. The smallest absolute Gasteiger partial charge is 0.328 e. The van der Waals surface area contributed by atoms with Gasteiger partial charge in [0.15, 0.2) is 0 Å². The largest absolute Gasteiger partial charge is 0.493 e. The molecule has 0 spiro atoms. The fourth-order valence-electron chi connectivity index (χ4n) is 3.14. The van der Waals surface area contributed by atoms with Gasteiger partial charge in [-0.1, -0.05) is 54.6 Å². The highest BCUT2D eigenvalue weighted by atomic mass is 16.5. The van der Waals surface area contributed by atoms with E-state index < -0.39 is 5.97 Å². The second kappa shape index (κ2) is 9.20. The van der Waals surface area contributed by atoms with Gasteiger partial charge in [0.2, 0.25) is 0 Å². The fraction of sp³-hybridized carbons (Fsp3) is 0.208.